The highest BCUT2D eigenvalue weighted by atomic mass is 28.3. The molecule has 0 amide bonds. The molecule has 4 heterocycles. The number of rotatable bonds is 2. The van der Waals surface area contributed by atoms with Gasteiger partial charge in [0.1, 0.15) is 12.1 Å². The summed E-state index contributed by atoms with van der Waals surface area (Å²) in [4.78, 5) is 30.2. The predicted molar refractivity (Wildman–Crippen MR) is 117 cm³/mol. The van der Waals surface area contributed by atoms with Crippen molar-refractivity contribution in [3.05, 3.63) is 56.9 Å². The normalized spacial score (nSPS) is 19.5. The van der Waals surface area contributed by atoms with E-state index in [1.54, 1.807) is 19.1 Å². The van der Waals surface area contributed by atoms with Crippen LogP contribution < -0.4 is 10.7 Å². The van der Waals surface area contributed by atoms with E-state index in [0.717, 1.165) is 16.8 Å². The topological polar surface area (TPSA) is 81.4 Å². The molecule has 0 saturated heterocycles. The van der Waals surface area contributed by atoms with Crippen LogP contribution >= 0.6 is 0 Å². The van der Waals surface area contributed by atoms with Gasteiger partial charge in [0, 0.05) is 10.9 Å². The molecule has 6 nitrogen and oxygen atoms in total. The molecule has 0 saturated carbocycles. The minimum Gasteiger partial charge on any atom is -0.458 e. The maximum atomic E-state index is 14.8. The molecule has 9 heteroatoms. The highest BCUT2D eigenvalue weighted by molar-refractivity contribution is 6.90. The van der Waals surface area contributed by atoms with Gasteiger partial charge in [-0.3, -0.25) is 4.79 Å². The first kappa shape index (κ1) is 21.0. The fourth-order valence-electron chi connectivity index (χ4n) is 4.94. The van der Waals surface area contributed by atoms with Gasteiger partial charge in [0.15, 0.2) is 17.2 Å². The first-order valence-corrected chi connectivity index (χ1v) is 14.0. The van der Waals surface area contributed by atoms with Crippen LogP contribution in [0.25, 0.3) is 22.3 Å². The Morgan fingerprint density at radius 2 is 1.94 bits per heavy atom. The standard InChI is InChI=1S/C23H22F2N2O4Si/c1-5-23(30)14-8-16-18-12(9-27(16)21(28)13(14)10-31-22(23)29)20(32(2,3)4)11-6-7-15(24)17(25)19(11)26-18/h6-8,30H,5,9-10H2,1-4H3/t23-/m0/s1. The molecule has 1 aromatic carbocycles. The van der Waals surface area contributed by atoms with Crippen LogP contribution in [-0.4, -0.2) is 28.7 Å². The van der Waals surface area contributed by atoms with Gasteiger partial charge in [-0.2, -0.15) is 0 Å². The zero-order valence-corrected chi connectivity index (χ0v) is 19.2. The van der Waals surface area contributed by atoms with Gasteiger partial charge in [0.25, 0.3) is 5.56 Å². The van der Waals surface area contributed by atoms with Crippen molar-refractivity contribution in [1.82, 2.24) is 9.55 Å². The quantitative estimate of drug-likeness (QED) is 0.371. The number of carbonyl (C=O) groups is 1. The summed E-state index contributed by atoms with van der Waals surface area (Å²) in [6, 6.07) is 4.23. The molecule has 166 valence electrons. The molecule has 0 bridgehead atoms. The van der Waals surface area contributed by atoms with Crippen LogP contribution in [0.3, 0.4) is 0 Å². The van der Waals surface area contributed by atoms with E-state index >= 15 is 0 Å². The third-order valence-electron chi connectivity index (χ3n) is 6.50. The van der Waals surface area contributed by atoms with Crippen LogP contribution in [0.15, 0.2) is 23.0 Å². The molecule has 1 atom stereocenters. The number of hydrogen-bond acceptors (Lipinski definition) is 5. The number of nitrogens with zero attached hydrogens (tertiary/aromatic N) is 2. The van der Waals surface area contributed by atoms with Crippen molar-refractivity contribution in [3.63, 3.8) is 0 Å². The second-order valence-electron chi connectivity index (χ2n) is 9.42. The van der Waals surface area contributed by atoms with Gasteiger partial charge in [0.05, 0.1) is 31.6 Å². The molecule has 0 aliphatic carbocycles. The molecule has 2 aliphatic heterocycles. The van der Waals surface area contributed by atoms with Crippen molar-refractivity contribution in [2.24, 2.45) is 0 Å². The fraction of sp³-hybridized carbons (Fsp3) is 0.348. The summed E-state index contributed by atoms with van der Waals surface area (Å²) in [5.41, 5.74) is -0.419. The minimum absolute atomic E-state index is 0.0275. The van der Waals surface area contributed by atoms with Crippen molar-refractivity contribution in [3.8, 4) is 11.4 Å². The van der Waals surface area contributed by atoms with Gasteiger partial charge in [0.2, 0.25) is 0 Å². The van der Waals surface area contributed by atoms with E-state index in [1.807, 2.05) is 0 Å². The van der Waals surface area contributed by atoms with Crippen molar-refractivity contribution in [1.29, 1.82) is 0 Å². The average molecular weight is 457 g/mol. The fourth-order valence-corrected chi connectivity index (χ4v) is 7.06. The Hall–Kier alpha value is -2.91. The van der Waals surface area contributed by atoms with Crippen molar-refractivity contribution in [2.75, 3.05) is 0 Å². The van der Waals surface area contributed by atoms with Crippen molar-refractivity contribution >= 4 is 30.1 Å². The Balaban J connectivity index is 1.90. The number of halogens is 2. The molecule has 0 fully saturated rings. The zero-order chi connectivity index (χ0) is 23.2. The maximum Gasteiger partial charge on any atom is 0.343 e. The Morgan fingerprint density at radius 1 is 1.22 bits per heavy atom. The van der Waals surface area contributed by atoms with E-state index in [9.17, 15) is 23.5 Å². The lowest BCUT2D eigenvalue weighted by Crippen LogP contribution is -2.44. The lowest BCUT2D eigenvalue weighted by atomic mass is 9.86. The SMILES string of the molecule is CC[C@@]1(O)C(=O)OCc2c1cc1n(c2=O)Cc2c-1nc1c(F)c(F)ccc1c2[Si](C)(C)C. The van der Waals surface area contributed by atoms with E-state index < -0.39 is 31.3 Å². The largest absolute Gasteiger partial charge is 0.458 e. The number of hydrogen-bond donors (Lipinski definition) is 1. The molecule has 2 aromatic heterocycles. The van der Waals surface area contributed by atoms with Crippen LogP contribution in [0.4, 0.5) is 8.78 Å². The van der Waals surface area contributed by atoms with Crippen LogP contribution in [-0.2, 0) is 28.3 Å². The molecular formula is C23H22F2N2O4Si. The summed E-state index contributed by atoms with van der Waals surface area (Å²) >= 11 is 0. The molecule has 0 spiro atoms. The van der Waals surface area contributed by atoms with Gasteiger partial charge in [-0.1, -0.05) is 26.6 Å². The van der Waals surface area contributed by atoms with Crippen LogP contribution in [0.5, 0.6) is 0 Å². The first-order valence-electron chi connectivity index (χ1n) is 10.5. The molecule has 1 N–H and O–H groups in total. The summed E-state index contributed by atoms with van der Waals surface area (Å²) in [7, 11) is -2.10. The molecule has 5 rings (SSSR count). The smallest absolute Gasteiger partial charge is 0.343 e. The number of benzene rings is 1. The summed E-state index contributed by atoms with van der Waals surface area (Å²) in [5, 5.41) is 12.5. The van der Waals surface area contributed by atoms with Crippen molar-refractivity contribution < 1.29 is 23.4 Å². The molecule has 0 unspecified atom stereocenters. The third-order valence-corrected chi connectivity index (χ3v) is 8.57. The Morgan fingerprint density at radius 3 is 2.59 bits per heavy atom. The van der Waals surface area contributed by atoms with Crippen LogP contribution in [0, 0.1) is 11.6 Å². The number of fused-ring (bicyclic) bond motifs is 5. The summed E-state index contributed by atoms with van der Waals surface area (Å²) in [6.07, 6.45) is 0.0275. The zero-order valence-electron chi connectivity index (χ0n) is 18.2. The Labute approximate surface area is 183 Å². The van der Waals surface area contributed by atoms with Crippen LogP contribution in [0.2, 0.25) is 19.6 Å². The van der Waals surface area contributed by atoms with Crippen LogP contribution in [0.1, 0.15) is 30.0 Å². The molecule has 0 radical (unpaired) electrons. The van der Waals surface area contributed by atoms with Gasteiger partial charge in [-0.05, 0) is 35.4 Å². The monoisotopic (exact) mass is 456 g/mol. The number of cyclic esters (lactones) is 1. The molecule has 2 aliphatic rings. The predicted octanol–water partition coefficient (Wildman–Crippen LogP) is 2.90. The number of aromatic nitrogens is 2. The Bertz CT molecular complexity index is 1410. The van der Waals surface area contributed by atoms with Gasteiger partial charge < -0.3 is 14.4 Å². The highest BCUT2D eigenvalue weighted by Gasteiger charge is 2.45. The lowest BCUT2D eigenvalue weighted by Gasteiger charge is -2.31. The van der Waals surface area contributed by atoms with Crippen molar-refractivity contribution in [2.45, 2.75) is 51.7 Å². The van der Waals surface area contributed by atoms with Gasteiger partial charge >= 0.3 is 5.97 Å². The number of pyridine rings is 2. The summed E-state index contributed by atoms with van der Waals surface area (Å²) in [5.74, 6) is -2.83. The molecule has 32 heavy (non-hydrogen) atoms. The third kappa shape index (κ3) is 2.61. The molecular weight excluding hydrogens is 434 g/mol. The van der Waals surface area contributed by atoms with Gasteiger partial charge in [-0.15, -0.1) is 0 Å². The number of carbonyl (C=O) groups excluding carboxylic acids is 1. The second-order valence-corrected chi connectivity index (χ2v) is 14.4. The average Bonchev–Trinajstić information content (AvgIpc) is 3.10. The summed E-state index contributed by atoms with van der Waals surface area (Å²) in [6.45, 7) is 7.94. The second kappa shape index (κ2) is 6.55. The highest BCUT2D eigenvalue weighted by Crippen LogP contribution is 2.39. The first-order chi connectivity index (χ1) is 15.0. The van der Waals surface area contributed by atoms with E-state index in [2.05, 4.69) is 24.6 Å². The number of esters is 1. The number of ether oxygens (including phenoxy) is 1. The Kier molecular flexibility index (Phi) is 4.29. The van der Waals surface area contributed by atoms with E-state index in [4.69, 9.17) is 4.74 Å². The lowest BCUT2D eigenvalue weighted by molar-refractivity contribution is -0.172. The number of aliphatic hydroxyl groups is 1. The van der Waals surface area contributed by atoms with E-state index in [0.29, 0.717) is 16.8 Å². The summed E-state index contributed by atoms with van der Waals surface area (Å²) < 4.78 is 35.5. The van der Waals surface area contributed by atoms with E-state index in [-0.39, 0.29) is 41.8 Å². The maximum absolute atomic E-state index is 14.8. The molecule has 3 aromatic rings. The minimum atomic E-state index is -2.10. The van der Waals surface area contributed by atoms with Gasteiger partial charge in [-0.25, -0.2) is 18.6 Å². The van der Waals surface area contributed by atoms with E-state index in [1.165, 1.54) is 4.57 Å².